The molecular formula is C40H58N2O8. The van der Waals surface area contributed by atoms with Gasteiger partial charge in [0.25, 0.3) is 0 Å². The van der Waals surface area contributed by atoms with Crippen molar-refractivity contribution < 1.29 is 38.8 Å². The number of ether oxygens (including phenoxy) is 4. The maximum absolute atomic E-state index is 14.0. The van der Waals surface area contributed by atoms with Crippen molar-refractivity contribution in [1.82, 2.24) is 4.90 Å². The maximum atomic E-state index is 14.0. The van der Waals surface area contributed by atoms with E-state index in [1.165, 1.54) is 0 Å². The number of aliphatic hydroxyl groups is 2. The van der Waals surface area contributed by atoms with E-state index in [9.17, 15) is 15.0 Å². The van der Waals surface area contributed by atoms with Crippen molar-refractivity contribution in [2.45, 2.75) is 89.4 Å². The van der Waals surface area contributed by atoms with Crippen molar-refractivity contribution in [3.8, 4) is 11.5 Å². The van der Waals surface area contributed by atoms with Gasteiger partial charge in [0.1, 0.15) is 30.8 Å². The Hall–Kier alpha value is -3.60. The van der Waals surface area contributed by atoms with Gasteiger partial charge in [-0.15, -0.1) is 13.2 Å². The summed E-state index contributed by atoms with van der Waals surface area (Å²) < 4.78 is 26.0. The molecule has 1 fully saturated rings. The van der Waals surface area contributed by atoms with E-state index < -0.39 is 17.9 Å². The number of carbonyl (C=O) groups is 1. The SMILES string of the molecule is C=CCCOC(=O)N(CCC)[C@H]1CC(=NOCC)C2=C[C@H](CCCCO)[C@@H](CCCCO)[C@@H]3c4cc(OCC=C)ccc4O[C@@]1(OCC=C)[C@H]23. The van der Waals surface area contributed by atoms with Gasteiger partial charge in [0.15, 0.2) is 0 Å². The third-order valence-corrected chi connectivity index (χ3v) is 9.94. The Morgan fingerprint density at radius 1 is 1.06 bits per heavy atom. The molecule has 1 aliphatic heterocycles. The van der Waals surface area contributed by atoms with Crippen molar-refractivity contribution in [3.05, 3.63) is 73.4 Å². The molecule has 2 aliphatic carbocycles. The first-order valence-corrected chi connectivity index (χ1v) is 18.4. The Morgan fingerprint density at radius 2 is 1.82 bits per heavy atom. The van der Waals surface area contributed by atoms with Crippen molar-refractivity contribution in [1.29, 1.82) is 0 Å². The van der Waals surface area contributed by atoms with Crippen LogP contribution in [0.3, 0.4) is 0 Å². The topological polar surface area (TPSA) is 119 Å². The Morgan fingerprint density at radius 3 is 2.50 bits per heavy atom. The van der Waals surface area contributed by atoms with Crippen LogP contribution in [0.1, 0.15) is 83.1 Å². The number of benzene rings is 1. The van der Waals surface area contributed by atoms with Crippen LogP contribution >= 0.6 is 0 Å². The predicted octanol–water partition coefficient (Wildman–Crippen LogP) is 7.33. The summed E-state index contributed by atoms with van der Waals surface area (Å²) in [6, 6.07) is 5.30. The number of nitrogens with zero attached hydrogens (tertiary/aromatic N) is 2. The number of carbonyl (C=O) groups excluding carboxylic acids is 1. The molecular weight excluding hydrogens is 636 g/mol. The number of allylic oxidation sites excluding steroid dienone is 1. The molecule has 1 heterocycles. The summed E-state index contributed by atoms with van der Waals surface area (Å²) in [6.45, 7) is 17.4. The van der Waals surface area contributed by atoms with Crippen LogP contribution in [0.25, 0.3) is 0 Å². The molecule has 10 nitrogen and oxygen atoms in total. The predicted molar refractivity (Wildman–Crippen MR) is 195 cm³/mol. The Bertz CT molecular complexity index is 1340. The highest BCUT2D eigenvalue weighted by molar-refractivity contribution is 6.02. The Balaban J connectivity index is 2.01. The highest BCUT2D eigenvalue weighted by Crippen LogP contribution is 2.62. The smallest absolute Gasteiger partial charge is 0.410 e. The minimum atomic E-state index is -1.32. The average molecular weight is 695 g/mol. The minimum Gasteiger partial charge on any atom is -0.490 e. The molecule has 0 aromatic heterocycles. The summed E-state index contributed by atoms with van der Waals surface area (Å²) >= 11 is 0. The summed E-state index contributed by atoms with van der Waals surface area (Å²) in [6.07, 6.45) is 13.5. The van der Waals surface area contributed by atoms with Crippen LogP contribution in [0.2, 0.25) is 0 Å². The Kier molecular flexibility index (Phi) is 15.4. The number of rotatable bonds is 22. The average Bonchev–Trinajstić information content (AvgIpc) is 3.12. The van der Waals surface area contributed by atoms with Gasteiger partial charge in [0.05, 0.1) is 24.8 Å². The number of unbranched alkanes of at least 4 members (excludes halogenated alkanes) is 2. The van der Waals surface area contributed by atoms with E-state index in [1.54, 1.807) is 23.1 Å². The molecule has 2 N–H and O–H groups in total. The van der Waals surface area contributed by atoms with E-state index in [4.69, 9.17) is 28.9 Å². The number of fused-ring (bicyclic) bond motifs is 2. The monoisotopic (exact) mass is 694 g/mol. The summed E-state index contributed by atoms with van der Waals surface area (Å²) in [5.74, 6) is -0.150. The first kappa shape index (κ1) is 39.2. The van der Waals surface area contributed by atoms with E-state index in [2.05, 4.69) is 31.9 Å². The van der Waals surface area contributed by atoms with Gasteiger partial charge in [0, 0.05) is 37.7 Å². The fourth-order valence-corrected chi connectivity index (χ4v) is 7.96. The zero-order valence-electron chi connectivity index (χ0n) is 30.1. The third kappa shape index (κ3) is 8.82. The van der Waals surface area contributed by atoms with E-state index >= 15 is 0 Å². The zero-order valence-corrected chi connectivity index (χ0v) is 30.1. The molecule has 0 bridgehead atoms. The second-order valence-corrected chi connectivity index (χ2v) is 13.2. The van der Waals surface area contributed by atoms with E-state index in [0.29, 0.717) is 63.4 Å². The van der Waals surface area contributed by atoms with Crippen LogP contribution in [-0.4, -0.2) is 84.9 Å². The lowest BCUT2D eigenvalue weighted by molar-refractivity contribution is -0.255. The second kappa shape index (κ2) is 19.7. The highest BCUT2D eigenvalue weighted by Gasteiger charge is 2.65. The lowest BCUT2D eigenvalue weighted by Gasteiger charge is -2.59. The van der Waals surface area contributed by atoms with E-state index in [0.717, 1.165) is 42.5 Å². The molecule has 50 heavy (non-hydrogen) atoms. The minimum absolute atomic E-state index is 0.121. The van der Waals surface area contributed by atoms with Crippen molar-refractivity contribution in [2.75, 3.05) is 46.2 Å². The normalized spacial score (nSPS) is 25.7. The highest BCUT2D eigenvalue weighted by atomic mass is 16.7. The van der Waals surface area contributed by atoms with Gasteiger partial charge in [-0.2, -0.15) is 0 Å². The van der Waals surface area contributed by atoms with Crippen LogP contribution in [-0.2, 0) is 14.3 Å². The zero-order chi connectivity index (χ0) is 35.9. The quantitative estimate of drug-likeness (QED) is 0.0736. The van der Waals surface area contributed by atoms with Gasteiger partial charge in [-0.1, -0.05) is 55.8 Å². The fourth-order valence-electron chi connectivity index (χ4n) is 7.96. The molecule has 3 aliphatic rings. The summed E-state index contributed by atoms with van der Waals surface area (Å²) in [5, 5.41) is 24.2. The van der Waals surface area contributed by atoms with Crippen LogP contribution in [0.5, 0.6) is 11.5 Å². The lowest BCUT2D eigenvalue weighted by atomic mass is 9.55. The second-order valence-electron chi connectivity index (χ2n) is 13.2. The molecule has 1 aromatic carbocycles. The molecule has 1 aromatic rings. The van der Waals surface area contributed by atoms with Gasteiger partial charge >= 0.3 is 6.09 Å². The number of hydrogen-bond donors (Lipinski definition) is 2. The molecule has 276 valence electrons. The molecule has 6 atom stereocenters. The molecule has 4 rings (SSSR count). The van der Waals surface area contributed by atoms with Crippen LogP contribution in [0.15, 0.2) is 73.0 Å². The number of amides is 1. The first-order valence-electron chi connectivity index (χ1n) is 18.4. The summed E-state index contributed by atoms with van der Waals surface area (Å²) in [4.78, 5) is 21.5. The number of oxime groups is 1. The van der Waals surface area contributed by atoms with Crippen LogP contribution < -0.4 is 9.47 Å². The molecule has 0 unspecified atom stereocenters. The van der Waals surface area contributed by atoms with Gasteiger partial charge in [0.2, 0.25) is 5.79 Å². The molecule has 10 heteroatoms. The third-order valence-electron chi connectivity index (χ3n) is 9.94. The van der Waals surface area contributed by atoms with Gasteiger partial charge in [-0.25, -0.2) is 4.79 Å². The maximum Gasteiger partial charge on any atom is 0.410 e. The molecule has 1 saturated carbocycles. The van der Waals surface area contributed by atoms with Gasteiger partial charge < -0.3 is 34.0 Å². The number of aliphatic hydroxyl groups excluding tert-OH is 2. The van der Waals surface area contributed by atoms with Gasteiger partial charge in [-0.3, -0.25) is 4.90 Å². The van der Waals surface area contributed by atoms with Crippen molar-refractivity contribution >= 4 is 11.8 Å². The van der Waals surface area contributed by atoms with Crippen molar-refractivity contribution in [2.24, 2.45) is 22.9 Å². The largest absolute Gasteiger partial charge is 0.490 e. The molecule has 0 saturated heterocycles. The standard InChI is InChI=1S/C40H58N2O8/c1-6-11-25-47-39(45)42(20-7-2)36-28-34(41-49-10-5)32-26-29(16-12-14-21-43)31(17-13-15-22-44)37-33-27-30(46-23-8-3)18-19-35(33)50-40(36,38(32)37)48-24-9-4/h6,8-9,18-19,26-27,29,31,36-38,43-44H,1,3-4,7,10-17,20-25,28H2,2,5H3/t29-,31+,36-,37+,38+,40+/m0/s1. The molecule has 1 amide bonds. The van der Waals surface area contributed by atoms with Crippen LogP contribution in [0, 0.1) is 17.8 Å². The Labute approximate surface area is 298 Å². The molecule has 0 radical (unpaired) electrons. The van der Waals surface area contributed by atoms with Gasteiger partial charge in [-0.05, 0) is 81.1 Å². The fraction of sp³-hybridized carbons (Fsp3) is 0.600. The van der Waals surface area contributed by atoms with Crippen LogP contribution in [0.4, 0.5) is 4.79 Å². The lowest BCUT2D eigenvalue weighted by Crippen LogP contribution is -2.70. The van der Waals surface area contributed by atoms with E-state index in [-0.39, 0.29) is 50.1 Å². The molecule has 0 spiro atoms. The van der Waals surface area contributed by atoms with Crippen molar-refractivity contribution in [3.63, 3.8) is 0 Å². The number of hydrogen-bond acceptors (Lipinski definition) is 9. The summed E-state index contributed by atoms with van der Waals surface area (Å²) in [7, 11) is 0. The first-order chi connectivity index (χ1) is 24.4. The van der Waals surface area contributed by atoms with E-state index in [1.807, 2.05) is 26.0 Å². The summed E-state index contributed by atoms with van der Waals surface area (Å²) in [5.41, 5.74) is 2.76.